The van der Waals surface area contributed by atoms with Crippen LogP contribution in [-0.4, -0.2) is 19.4 Å². The fraction of sp³-hybridized carbons (Fsp3) is 0.286. The minimum Gasteiger partial charge on any atom is -0.363 e. The SMILES string of the molecule is NCc1cc(S(=O)(=O)NC2CC2c2ccccc2)c[nH]1. The Hall–Kier alpha value is -1.63. The second-order valence-electron chi connectivity index (χ2n) is 5.05. The number of H-pyrrole nitrogens is 1. The summed E-state index contributed by atoms with van der Waals surface area (Å²) in [6.45, 7) is 0.297. The molecule has 0 radical (unpaired) electrons. The highest BCUT2D eigenvalue weighted by Gasteiger charge is 2.41. The average molecular weight is 291 g/mol. The molecule has 1 aliphatic rings. The molecule has 1 aromatic carbocycles. The molecule has 1 heterocycles. The second-order valence-corrected chi connectivity index (χ2v) is 6.76. The summed E-state index contributed by atoms with van der Waals surface area (Å²) in [7, 11) is -3.46. The molecule has 106 valence electrons. The molecule has 6 heteroatoms. The molecule has 4 N–H and O–H groups in total. The number of hydrogen-bond acceptors (Lipinski definition) is 3. The van der Waals surface area contributed by atoms with Crippen LogP contribution in [0.15, 0.2) is 47.5 Å². The molecule has 0 amide bonds. The lowest BCUT2D eigenvalue weighted by Gasteiger charge is -2.04. The first-order valence-electron chi connectivity index (χ1n) is 6.55. The van der Waals surface area contributed by atoms with Gasteiger partial charge >= 0.3 is 0 Å². The van der Waals surface area contributed by atoms with Crippen LogP contribution in [0.1, 0.15) is 23.6 Å². The molecule has 20 heavy (non-hydrogen) atoms. The number of aromatic amines is 1. The van der Waals surface area contributed by atoms with Crippen molar-refractivity contribution in [3.05, 3.63) is 53.9 Å². The summed E-state index contributed by atoms with van der Waals surface area (Å²) in [4.78, 5) is 3.10. The summed E-state index contributed by atoms with van der Waals surface area (Å²) >= 11 is 0. The van der Waals surface area contributed by atoms with Gasteiger partial charge in [-0.15, -0.1) is 0 Å². The van der Waals surface area contributed by atoms with E-state index in [9.17, 15) is 8.42 Å². The van der Waals surface area contributed by atoms with E-state index in [-0.39, 0.29) is 16.9 Å². The van der Waals surface area contributed by atoms with Gasteiger partial charge in [0.05, 0.1) is 4.90 Å². The molecule has 5 nitrogen and oxygen atoms in total. The summed E-state index contributed by atoms with van der Waals surface area (Å²) in [6, 6.07) is 11.5. The third kappa shape index (κ3) is 2.63. The average Bonchev–Trinajstić information content (AvgIpc) is 3.02. The molecule has 1 fully saturated rings. The predicted molar refractivity (Wildman–Crippen MR) is 76.6 cm³/mol. The first kappa shape index (κ1) is 13.4. The fourth-order valence-corrected chi connectivity index (χ4v) is 3.66. The summed E-state index contributed by atoms with van der Waals surface area (Å²) < 4.78 is 27.2. The van der Waals surface area contributed by atoms with Gasteiger partial charge in [-0.2, -0.15) is 0 Å². The number of nitrogens with two attached hydrogens (primary N) is 1. The standard InChI is InChI=1S/C14H17N3O2S/c15-8-11-6-12(9-16-11)20(18,19)17-14-7-13(14)10-4-2-1-3-5-10/h1-6,9,13-14,16-17H,7-8,15H2. The van der Waals surface area contributed by atoms with Gasteiger partial charge in [-0.1, -0.05) is 30.3 Å². The summed E-state index contributed by atoms with van der Waals surface area (Å²) in [5.74, 6) is 0.277. The van der Waals surface area contributed by atoms with Crippen molar-refractivity contribution in [1.29, 1.82) is 0 Å². The lowest BCUT2D eigenvalue weighted by molar-refractivity contribution is 0.580. The minimum atomic E-state index is -3.46. The number of rotatable bonds is 5. The first-order chi connectivity index (χ1) is 9.60. The smallest absolute Gasteiger partial charge is 0.242 e. The van der Waals surface area contributed by atoms with Gasteiger partial charge in [0.2, 0.25) is 10.0 Å². The highest BCUT2D eigenvalue weighted by atomic mass is 32.2. The van der Waals surface area contributed by atoms with E-state index in [1.807, 2.05) is 30.3 Å². The van der Waals surface area contributed by atoms with Gasteiger partial charge in [0.25, 0.3) is 0 Å². The third-order valence-electron chi connectivity index (χ3n) is 3.57. The van der Waals surface area contributed by atoms with Crippen molar-refractivity contribution in [3.8, 4) is 0 Å². The zero-order chi connectivity index (χ0) is 14.2. The summed E-state index contributed by atoms with van der Waals surface area (Å²) in [6.07, 6.45) is 2.32. The maximum absolute atomic E-state index is 12.2. The van der Waals surface area contributed by atoms with Gasteiger partial charge in [-0.25, -0.2) is 13.1 Å². The Labute approximate surface area is 118 Å². The van der Waals surface area contributed by atoms with Crippen LogP contribution in [0, 0.1) is 0 Å². The van der Waals surface area contributed by atoms with Crippen molar-refractivity contribution in [3.63, 3.8) is 0 Å². The Morgan fingerprint density at radius 3 is 2.70 bits per heavy atom. The number of sulfonamides is 1. The molecule has 3 rings (SSSR count). The van der Waals surface area contributed by atoms with E-state index in [1.54, 1.807) is 6.07 Å². The Bertz CT molecular complexity index is 694. The Balaban J connectivity index is 1.70. The Kier molecular flexibility index (Phi) is 3.37. The largest absolute Gasteiger partial charge is 0.363 e. The molecular weight excluding hydrogens is 274 g/mol. The molecule has 0 spiro atoms. The quantitative estimate of drug-likeness (QED) is 0.776. The molecule has 0 aliphatic heterocycles. The van der Waals surface area contributed by atoms with Crippen LogP contribution in [-0.2, 0) is 16.6 Å². The van der Waals surface area contributed by atoms with E-state index < -0.39 is 10.0 Å². The van der Waals surface area contributed by atoms with Crippen LogP contribution < -0.4 is 10.5 Å². The second kappa shape index (κ2) is 5.05. The zero-order valence-electron chi connectivity index (χ0n) is 10.9. The topological polar surface area (TPSA) is 88.0 Å². The van der Waals surface area contributed by atoms with Crippen LogP contribution in [0.2, 0.25) is 0 Å². The van der Waals surface area contributed by atoms with Crippen molar-refractivity contribution < 1.29 is 8.42 Å². The van der Waals surface area contributed by atoms with E-state index >= 15 is 0 Å². The lowest BCUT2D eigenvalue weighted by atomic mass is 10.1. The van der Waals surface area contributed by atoms with Gasteiger partial charge in [-0.3, -0.25) is 0 Å². The van der Waals surface area contributed by atoms with Crippen molar-refractivity contribution in [2.24, 2.45) is 5.73 Å². The van der Waals surface area contributed by atoms with E-state index in [0.29, 0.717) is 12.2 Å². The zero-order valence-corrected chi connectivity index (χ0v) is 11.7. The van der Waals surface area contributed by atoms with Crippen LogP contribution >= 0.6 is 0 Å². The summed E-state index contributed by atoms with van der Waals surface area (Å²) in [5, 5.41) is 0. The monoisotopic (exact) mass is 291 g/mol. The molecule has 1 aromatic heterocycles. The molecule has 0 bridgehead atoms. The predicted octanol–water partition coefficient (Wildman–Crippen LogP) is 1.31. The van der Waals surface area contributed by atoms with Crippen LogP contribution in [0.3, 0.4) is 0 Å². The maximum Gasteiger partial charge on any atom is 0.242 e. The normalized spacial score (nSPS) is 21.9. The van der Waals surface area contributed by atoms with Crippen LogP contribution in [0.4, 0.5) is 0 Å². The summed E-state index contributed by atoms with van der Waals surface area (Å²) in [5.41, 5.74) is 7.36. The van der Waals surface area contributed by atoms with Gasteiger partial charge in [-0.05, 0) is 18.1 Å². The van der Waals surface area contributed by atoms with Gasteiger partial charge in [0.1, 0.15) is 0 Å². The molecule has 0 saturated heterocycles. The number of hydrogen-bond donors (Lipinski definition) is 3. The highest BCUT2D eigenvalue weighted by Crippen LogP contribution is 2.41. The van der Waals surface area contributed by atoms with Gasteiger partial charge in [0, 0.05) is 30.4 Å². The molecule has 1 aliphatic carbocycles. The first-order valence-corrected chi connectivity index (χ1v) is 8.03. The lowest BCUT2D eigenvalue weighted by Crippen LogP contribution is -2.26. The van der Waals surface area contributed by atoms with Crippen molar-refractivity contribution in [1.82, 2.24) is 9.71 Å². The Morgan fingerprint density at radius 2 is 2.05 bits per heavy atom. The highest BCUT2D eigenvalue weighted by molar-refractivity contribution is 7.89. The van der Waals surface area contributed by atoms with E-state index in [4.69, 9.17) is 5.73 Å². The molecule has 1 saturated carbocycles. The van der Waals surface area contributed by atoms with E-state index in [2.05, 4.69) is 9.71 Å². The number of aromatic nitrogens is 1. The fourth-order valence-electron chi connectivity index (χ4n) is 2.35. The number of benzene rings is 1. The van der Waals surface area contributed by atoms with Crippen molar-refractivity contribution in [2.75, 3.05) is 0 Å². The minimum absolute atomic E-state index is 0.0152. The molecule has 2 aromatic rings. The third-order valence-corrected chi connectivity index (χ3v) is 5.04. The number of nitrogens with one attached hydrogen (secondary N) is 2. The molecule has 2 unspecified atom stereocenters. The van der Waals surface area contributed by atoms with Crippen LogP contribution in [0.25, 0.3) is 0 Å². The van der Waals surface area contributed by atoms with Gasteiger partial charge in [0.15, 0.2) is 0 Å². The molecule has 2 atom stereocenters. The molecular formula is C14H17N3O2S. The van der Waals surface area contributed by atoms with Crippen LogP contribution in [0.5, 0.6) is 0 Å². The van der Waals surface area contributed by atoms with Crippen molar-refractivity contribution >= 4 is 10.0 Å². The maximum atomic E-state index is 12.2. The van der Waals surface area contributed by atoms with Crippen molar-refractivity contribution in [2.45, 2.75) is 29.8 Å². The van der Waals surface area contributed by atoms with E-state index in [1.165, 1.54) is 11.8 Å². The van der Waals surface area contributed by atoms with E-state index in [0.717, 1.165) is 6.42 Å². The van der Waals surface area contributed by atoms with Gasteiger partial charge < -0.3 is 10.7 Å². The Morgan fingerprint density at radius 1 is 1.30 bits per heavy atom.